The average Bonchev–Trinajstić information content (AvgIpc) is 2.78. The number of anilines is 1. The zero-order chi connectivity index (χ0) is 25.1. The molecule has 0 aliphatic heterocycles. The second kappa shape index (κ2) is 18.3. The van der Waals surface area contributed by atoms with Gasteiger partial charge in [-0.2, -0.15) is 0 Å². The summed E-state index contributed by atoms with van der Waals surface area (Å²) < 4.78 is 4.94. The quantitative estimate of drug-likeness (QED) is 0.167. The molecule has 5 nitrogen and oxygen atoms in total. The molecule has 34 heavy (non-hydrogen) atoms. The summed E-state index contributed by atoms with van der Waals surface area (Å²) in [6.07, 6.45) is 16.6. The fraction of sp³-hybridized carbons (Fsp3) is 0.724. The predicted octanol–water partition coefficient (Wildman–Crippen LogP) is 8.13. The van der Waals surface area contributed by atoms with Crippen LogP contribution >= 0.6 is 0 Å². The highest BCUT2D eigenvalue weighted by molar-refractivity contribution is 5.89. The SMILES string of the molecule is CCOC(=O)CCCCCCCCCCCCCCCNC(=O)Nc1ccc(C(C)(C)C)cc1. The van der Waals surface area contributed by atoms with Crippen molar-refractivity contribution in [3.8, 4) is 0 Å². The summed E-state index contributed by atoms with van der Waals surface area (Å²) in [5, 5.41) is 5.87. The minimum absolute atomic E-state index is 0.0537. The van der Waals surface area contributed by atoms with Crippen LogP contribution in [0.4, 0.5) is 10.5 Å². The number of esters is 1. The number of nitrogens with one attached hydrogen (secondary N) is 2. The Hall–Kier alpha value is -2.04. The molecule has 2 N–H and O–H groups in total. The molecule has 0 unspecified atom stereocenters. The summed E-state index contributed by atoms with van der Waals surface area (Å²) in [4.78, 5) is 23.3. The molecule has 1 rings (SSSR count). The number of urea groups is 1. The number of hydrogen-bond donors (Lipinski definition) is 2. The van der Waals surface area contributed by atoms with Crippen molar-refractivity contribution in [2.75, 3.05) is 18.5 Å². The molecule has 0 spiro atoms. The average molecular weight is 475 g/mol. The lowest BCUT2D eigenvalue weighted by Gasteiger charge is -2.19. The summed E-state index contributed by atoms with van der Waals surface area (Å²) in [5.41, 5.74) is 2.21. The van der Waals surface area contributed by atoms with Gasteiger partial charge in [-0.3, -0.25) is 4.79 Å². The lowest BCUT2D eigenvalue weighted by molar-refractivity contribution is -0.143. The van der Waals surface area contributed by atoms with Crippen LogP contribution < -0.4 is 10.6 Å². The Kier molecular flexibility index (Phi) is 16.1. The third-order valence-electron chi connectivity index (χ3n) is 6.16. The fourth-order valence-corrected chi connectivity index (χ4v) is 4.00. The molecule has 0 aliphatic rings. The van der Waals surface area contributed by atoms with Crippen LogP contribution in [0.2, 0.25) is 0 Å². The van der Waals surface area contributed by atoms with Crippen molar-refractivity contribution in [1.29, 1.82) is 0 Å². The summed E-state index contributed by atoms with van der Waals surface area (Å²) in [7, 11) is 0. The number of carbonyl (C=O) groups is 2. The van der Waals surface area contributed by atoms with Crippen LogP contribution in [0.15, 0.2) is 24.3 Å². The summed E-state index contributed by atoms with van der Waals surface area (Å²) in [5.74, 6) is -0.0537. The number of rotatable bonds is 18. The van der Waals surface area contributed by atoms with Crippen LogP contribution in [-0.4, -0.2) is 25.2 Å². The van der Waals surface area contributed by atoms with Crippen molar-refractivity contribution in [2.24, 2.45) is 0 Å². The zero-order valence-corrected chi connectivity index (χ0v) is 22.3. The van der Waals surface area contributed by atoms with Gasteiger partial charge in [-0.15, -0.1) is 0 Å². The Morgan fingerprint density at radius 3 is 1.68 bits per heavy atom. The van der Waals surface area contributed by atoms with Gasteiger partial charge in [0.2, 0.25) is 0 Å². The van der Waals surface area contributed by atoms with Crippen molar-refractivity contribution in [1.82, 2.24) is 5.32 Å². The summed E-state index contributed by atoms with van der Waals surface area (Å²) >= 11 is 0. The second-order valence-electron chi connectivity index (χ2n) is 10.4. The van der Waals surface area contributed by atoms with Gasteiger partial charge >= 0.3 is 12.0 Å². The lowest BCUT2D eigenvalue weighted by atomic mass is 9.87. The molecule has 1 aromatic rings. The number of carbonyl (C=O) groups excluding carboxylic acids is 2. The normalized spacial score (nSPS) is 11.3. The van der Waals surface area contributed by atoms with Gasteiger partial charge < -0.3 is 15.4 Å². The van der Waals surface area contributed by atoms with Crippen molar-refractivity contribution in [2.45, 2.75) is 123 Å². The minimum Gasteiger partial charge on any atom is -0.466 e. The molecule has 0 aliphatic carbocycles. The van der Waals surface area contributed by atoms with Gasteiger partial charge in [0.25, 0.3) is 0 Å². The van der Waals surface area contributed by atoms with E-state index in [1.165, 1.54) is 69.8 Å². The lowest BCUT2D eigenvalue weighted by Crippen LogP contribution is -2.29. The van der Waals surface area contributed by atoms with Crippen molar-refractivity contribution >= 4 is 17.7 Å². The molecular weight excluding hydrogens is 424 g/mol. The van der Waals surface area contributed by atoms with Crippen molar-refractivity contribution < 1.29 is 14.3 Å². The number of ether oxygens (including phenoxy) is 1. The summed E-state index contributed by atoms with van der Waals surface area (Å²) in [6, 6.07) is 7.96. The van der Waals surface area contributed by atoms with E-state index in [1.54, 1.807) is 0 Å². The van der Waals surface area contributed by atoms with Crippen molar-refractivity contribution in [3.63, 3.8) is 0 Å². The topological polar surface area (TPSA) is 67.4 Å². The van der Waals surface area contributed by atoms with E-state index in [-0.39, 0.29) is 17.4 Å². The number of unbranched alkanes of at least 4 members (excludes halogenated alkanes) is 12. The Bertz CT molecular complexity index is 665. The van der Waals surface area contributed by atoms with E-state index in [0.717, 1.165) is 31.5 Å². The smallest absolute Gasteiger partial charge is 0.319 e. The minimum atomic E-state index is -0.123. The second-order valence-corrected chi connectivity index (χ2v) is 10.4. The Morgan fingerprint density at radius 1 is 0.735 bits per heavy atom. The van der Waals surface area contributed by atoms with Crippen LogP contribution in [0.1, 0.15) is 123 Å². The van der Waals surface area contributed by atoms with Gasteiger partial charge in [0.05, 0.1) is 6.61 Å². The number of hydrogen-bond acceptors (Lipinski definition) is 3. The molecule has 0 atom stereocenters. The first-order valence-corrected chi connectivity index (χ1v) is 13.6. The predicted molar refractivity (Wildman–Crippen MR) is 143 cm³/mol. The zero-order valence-electron chi connectivity index (χ0n) is 22.3. The van der Waals surface area contributed by atoms with Crippen LogP contribution in [0, 0.1) is 0 Å². The van der Waals surface area contributed by atoms with Gasteiger partial charge in [-0.1, -0.05) is 104 Å². The van der Waals surface area contributed by atoms with E-state index in [1.807, 2.05) is 19.1 Å². The van der Waals surface area contributed by atoms with E-state index in [0.29, 0.717) is 13.0 Å². The Labute approximate surface area is 208 Å². The van der Waals surface area contributed by atoms with Crippen LogP contribution in [-0.2, 0) is 14.9 Å². The molecule has 0 aromatic heterocycles. The number of amides is 2. The maximum atomic E-state index is 12.0. The monoisotopic (exact) mass is 474 g/mol. The van der Waals surface area contributed by atoms with Crippen LogP contribution in [0.3, 0.4) is 0 Å². The van der Waals surface area contributed by atoms with Crippen LogP contribution in [0.5, 0.6) is 0 Å². The number of benzene rings is 1. The summed E-state index contributed by atoms with van der Waals surface area (Å²) in [6.45, 7) is 9.63. The molecule has 0 saturated carbocycles. The van der Waals surface area contributed by atoms with Gasteiger partial charge in [-0.25, -0.2) is 4.79 Å². The van der Waals surface area contributed by atoms with E-state index < -0.39 is 0 Å². The first-order chi connectivity index (χ1) is 16.3. The first kappa shape index (κ1) is 30.0. The maximum Gasteiger partial charge on any atom is 0.319 e. The fourth-order valence-electron chi connectivity index (χ4n) is 4.00. The van der Waals surface area contributed by atoms with Crippen molar-refractivity contribution in [3.05, 3.63) is 29.8 Å². The molecule has 0 radical (unpaired) electrons. The highest BCUT2D eigenvalue weighted by Gasteiger charge is 2.13. The van der Waals surface area contributed by atoms with E-state index in [2.05, 4.69) is 43.5 Å². The first-order valence-electron chi connectivity index (χ1n) is 13.6. The highest BCUT2D eigenvalue weighted by Crippen LogP contribution is 2.23. The maximum absolute atomic E-state index is 12.0. The Morgan fingerprint density at radius 2 is 1.21 bits per heavy atom. The van der Waals surface area contributed by atoms with E-state index in [9.17, 15) is 9.59 Å². The molecule has 0 fully saturated rings. The van der Waals surface area contributed by atoms with Gasteiger partial charge in [-0.05, 0) is 42.9 Å². The van der Waals surface area contributed by atoms with Gasteiger partial charge in [0.1, 0.15) is 0 Å². The molecule has 0 heterocycles. The molecule has 194 valence electrons. The van der Waals surface area contributed by atoms with Crippen LogP contribution in [0.25, 0.3) is 0 Å². The molecule has 1 aromatic carbocycles. The molecule has 0 bridgehead atoms. The standard InChI is InChI=1S/C29H50N2O3/c1-5-34-27(32)19-17-15-13-11-9-7-6-8-10-12-14-16-18-24-30-28(33)31-26-22-20-25(21-23-26)29(2,3)4/h20-23H,5-19,24H2,1-4H3,(H2,30,31,33). The van der Waals surface area contributed by atoms with Gasteiger partial charge in [0, 0.05) is 18.7 Å². The van der Waals surface area contributed by atoms with Gasteiger partial charge in [0.15, 0.2) is 0 Å². The third kappa shape index (κ3) is 15.7. The highest BCUT2D eigenvalue weighted by atomic mass is 16.5. The Balaban J connectivity index is 1.86. The largest absolute Gasteiger partial charge is 0.466 e. The molecular formula is C29H50N2O3. The molecule has 0 saturated heterocycles. The molecule has 5 heteroatoms. The molecule has 2 amide bonds. The van der Waals surface area contributed by atoms with E-state index in [4.69, 9.17) is 4.74 Å². The van der Waals surface area contributed by atoms with E-state index >= 15 is 0 Å². The third-order valence-corrected chi connectivity index (χ3v) is 6.16.